The van der Waals surface area contributed by atoms with E-state index >= 15 is 0 Å². The molecule has 1 N–H and O–H groups in total. The normalized spacial score (nSPS) is 26.1. The molecule has 0 saturated heterocycles. The highest BCUT2D eigenvalue weighted by molar-refractivity contribution is 6.05. The van der Waals surface area contributed by atoms with Gasteiger partial charge in [0.05, 0.1) is 23.7 Å². The van der Waals surface area contributed by atoms with Gasteiger partial charge in [-0.3, -0.25) is 9.69 Å². The minimum Gasteiger partial charge on any atom is -0.508 e. The predicted octanol–water partition coefficient (Wildman–Crippen LogP) is 3.79. The zero-order valence-corrected chi connectivity index (χ0v) is 14.9. The van der Waals surface area contributed by atoms with Crippen LogP contribution in [-0.2, 0) is 4.79 Å². The fraction of sp³-hybridized carbons (Fsp3) is 0.450. The number of aliphatic hydroxyl groups excluding tert-OH is 1. The van der Waals surface area contributed by atoms with Crippen molar-refractivity contribution in [2.75, 3.05) is 0 Å². The monoisotopic (exact) mass is 337 g/mol. The van der Waals surface area contributed by atoms with Gasteiger partial charge in [-0.15, -0.1) is 0 Å². The van der Waals surface area contributed by atoms with Crippen molar-refractivity contribution in [3.05, 3.63) is 46.9 Å². The number of carbonyl (C=O) groups excluding carboxylic acids is 1. The number of rotatable bonds is 3. The lowest BCUT2D eigenvalue weighted by atomic mass is 9.86. The Hall–Kier alpha value is -2.61. The molecule has 0 spiro atoms. The van der Waals surface area contributed by atoms with Gasteiger partial charge >= 0.3 is 0 Å². The van der Waals surface area contributed by atoms with E-state index in [1.165, 1.54) is 0 Å². The van der Waals surface area contributed by atoms with Crippen molar-refractivity contribution >= 4 is 11.7 Å². The largest absolute Gasteiger partial charge is 0.508 e. The van der Waals surface area contributed by atoms with E-state index < -0.39 is 0 Å². The first-order chi connectivity index (χ1) is 12.0. The first-order valence-corrected chi connectivity index (χ1v) is 8.80. The van der Waals surface area contributed by atoms with Gasteiger partial charge < -0.3 is 5.11 Å². The predicted molar refractivity (Wildman–Crippen MR) is 96.5 cm³/mol. The molecule has 0 aromatic carbocycles. The molecular formula is C20H23N3O2. The zero-order chi connectivity index (χ0) is 18.1. The summed E-state index contributed by atoms with van der Waals surface area (Å²) in [6.07, 6.45) is 9.02. The minimum absolute atomic E-state index is 0.0341. The fourth-order valence-electron chi connectivity index (χ4n) is 3.61. The molecule has 2 unspecified atom stereocenters. The van der Waals surface area contributed by atoms with E-state index in [-0.39, 0.29) is 29.5 Å². The van der Waals surface area contributed by atoms with E-state index in [2.05, 4.69) is 6.07 Å². The lowest BCUT2D eigenvalue weighted by Crippen LogP contribution is -2.52. The van der Waals surface area contributed by atoms with Gasteiger partial charge in [0, 0.05) is 17.1 Å². The van der Waals surface area contributed by atoms with E-state index in [9.17, 15) is 9.90 Å². The number of amidine groups is 1. The quantitative estimate of drug-likeness (QED) is 0.851. The Balaban J connectivity index is 2.05. The van der Waals surface area contributed by atoms with Crippen molar-refractivity contribution in [1.82, 2.24) is 4.90 Å². The summed E-state index contributed by atoms with van der Waals surface area (Å²) in [5.74, 6) is 0.773. The van der Waals surface area contributed by atoms with Gasteiger partial charge in [0.15, 0.2) is 0 Å². The summed E-state index contributed by atoms with van der Waals surface area (Å²) in [5.41, 5.74) is 2.12. The molecule has 1 heterocycles. The number of amides is 1. The number of fused-ring (bicyclic) bond motifs is 1. The highest BCUT2D eigenvalue weighted by atomic mass is 16.3. The van der Waals surface area contributed by atoms with Crippen molar-refractivity contribution in [3.8, 4) is 6.07 Å². The fourth-order valence-corrected chi connectivity index (χ4v) is 3.61. The third-order valence-electron chi connectivity index (χ3n) is 4.92. The molecule has 5 nitrogen and oxygen atoms in total. The van der Waals surface area contributed by atoms with Crippen LogP contribution in [0.1, 0.15) is 40.0 Å². The Kier molecular flexibility index (Phi) is 4.63. The first-order valence-electron chi connectivity index (χ1n) is 8.80. The summed E-state index contributed by atoms with van der Waals surface area (Å²) in [4.78, 5) is 19.9. The van der Waals surface area contributed by atoms with Crippen LogP contribution in [0, 0.1) is 23.2 Å². The molecule has 0 radical (unpaired) electrons. The van der Waals surface area contributed by atoms with E-state index in [1.54, 1.807) is 17.1 Å². The highest BCUT2D eigenvalue weighted by Gasteiger charge is 2.41. The van der Waals surface area contributed by atoms with Crippen LogP contribution in [0.15, 0.2) is 51.9 Å². The molecule has 0 aromatic heterocycles. The smallest absolute Gasteiger partial charge is 0.237 e. The third kappa shape index (κ3) is 2.93. The standard InChI is InChI=1S/C20H23N3O2/c1-4-15-17(24)10-9-16-18(15)22-19(12(2)3)23(20(16)25)14-7-5-13(11-21)6-8-14/h5-7,10,12,14,16,24H,4,8-9H2,1-3H3. The molecule has 5 heteroatoms. The van der Waals surface area contributed by atoms with E-state index in [1.807, 2.05) is 32.9 Å². The van der Waals surface area contributed by atoms with Crippen LogP contribution in [0.25, 0.3) is 0 Å². The Morgan fingerprint density at radius 2 is 2.16 bits per heavy atom. The van der Waals surface area contributed by atoms with Crippen molar-refractivity contribution in [3.63, 3.8) is 0 Å². The number of aliphatic imine (C=N–C) groups is 1. The average Bonchev–Trinajstić information content (AvgIpc) is 2.61. The van der Waals surface area contributed by atoms with Gasteiger partial charge in [0.1, 0.15) is 11.6 Å². The van der Waals surface area contributed by atoms with Crippen LogP contribution < -0.4 is 0 Å². The van der Waals surface area contributed by atoms with Crippen LogP contribution in [0.4, 0.5) is 0 Å². The average molecular weight is 337 g/mol. The van der Waals surface area contributed by atoms with E-state index in [4.69, 9.17) is 10.3 Å². The summed E-state index contributed by atoms with van der Waals surface area (Å²) in [6, 6.07) is 2.02. The minimum atomic E-state index is -0.330. The van der Waals surface area contributed by atoms with Gasteiger partial charge in [-0.2, -0.15) is 5.26 Å². The number of carbonyl (C=O) groups is 1. The number of nitrogens with zero attached hydrogens (tertiary/aromatic N) is 3. The Bertz CT molecular complexity index is 790. The molecule has 1 aliphatic heterocycles. The Morgan fingerprint density at radius 3 is 2.72 bits per heavy atom. The molecule has 3 aliphatic rings. The maximum Gasteiger partial charge on any atom is 0.237 e. The lowest BCUT2D eigenvalue weighted by Gasteiger charge is -2.40. The second-order valence-electron chi connectivity index (χ2n) is 6.86. The molecule has 0 aromatic rings. The number of hydrogen-bond acceptors (Lipinski definition) is 4. The van der Waals surface area contributed by atoms with Crippen LogP contribution in [0.2, 0.25) is 0 Å². The van der Waals surface area contributed by atoms with Crippen LogP contribution >= 0.6 is 0 Å². The highest BCUT2D eigenvalue weighted by Crippen LogP contribution is 2.38. The molecule has 130 valence electrons. The second kappa shape index (κ2) is 6.72. The van der Waals surface area contributed by atoms with Crippen LogP contribution in [0.3, 0.4) is 0 Å². The van der Waals surface area contributed by atoms with Crippen molar-refractivity contribution in [2.45, 2.75) is 46.1 Å². The maximum absolute atomic E-state index is 13.3. The van der Waals surface area contributed by atoms with Gasteiger partial charge in [-0.05, 0) is 31.4 Å². The summed E-state index contributed by atoms with van der Waals surface area (Å²) in [5, 5.41) is 19.2. The van der Waals surface area contributed by atoms with Crippen molar-refractivity contribution in [1.29, 1.82) is 5.26 Å². The summed E-state index contributed by atoms with van der Waals surface area (Å²) >= 11 is 0. The Labute approximate surface area is 148 Å². The van der Waals surface area contributed by atoms with Crippen LogP contribution in [-0.4, -0.2) is 27.8 Å². The molecular weight excluding hydrogens is 314 g/mol. The van der Waals surface area contributed by atoms with E-state index in [0.29, 0.717) is 24.8 Å². The molecule has 3 rings (SSSR count). The number of aliphatic hydroxyl groups is 1. The molecule has 0 saturated carbocycles. The Morgan fingerprint density at radius 1 is 1.40 bits per heavy atom. The second-order valence-corrected chi connectivity index (χ2v) is 6.86. The first kappa shape index (κ1) is 17.2. The molecule has 25 heavy (non-hydrogen) atoms. The van der Waals surface area contributed by atoms with E-state index in [0.717, 1.165) is 17.1 Å². The molecule has 0 bridgehead atoms. The van der Waals surface area contributed by atoms with Gasteiger partial charge in [-0.25, -0.2) is 4.99 Å². The third-order valence-corrected chi connectivity index (χ3v) is 4.92. The molecule has 2 atom stereocenters. The number of nitriles is 1. The molecule has 2 aliphatic carbocycles. The lowest BCUT2D eigenvalue weighted by molar-refractivity contribution is -0.132. The summed E-state index contributed by atoms with van der Waals surface area (Å²) < 4.78 is 0. The van der Waals surface area contributed by atoms with Crippen molar-refractivity contribution in [2.24, 2.45) is 16.8 Å². The van der Waals surface area contributed by atoms with Crippen LogP contribution in [0.5, 0.6) is 0 Å². The SMILES string of the molecule is CCC1=C2N=C(C(C)C)N(C3C=CC(C#N)=CC3)C(=O)C2CC=C1O. The zero-order valence-electron chi connectivity index (χ0n) is 14.9. The summed E-state index contributed by atoms with van der Waals surface area (Å²) in [7, 11) is 0. The molecule has 0 fully saturated rings. The maximum atomic E-state index is 13.3. The number of allylic oxidation sites excluding steroid dienone is 4. The van der Waals surface area contributed by atoms with Gasteiger partial charge in [-0.1, -0.05) is 32.9 Å². The topological polar surface area (TPSA) is 76.7 Å². The number of hydrogen-bond donors (Lipinski definition) is 1. The summed E-state index contributed by atoms with van der Waals surface area (Å²) in [6.45, 7) is 6.01. The molecule has 1 amide bonds. The van der Waals surface area contributed by atoms with Gasteiger partial charge in [0.25, 0.3) is 0 Å². The van der Waals surface area contributed by atoms with Gasteiger partial charge in [0.2, 0.25) is 5.91 Å². The van der Waals surface area contributed by atoms with Crippen molar-refractivity contribution < 1.29 is 9.90 Å².